The van der Waals surface area contributed by atoms with Crippen LogP contribution in [0, 0.1) is 5.92 Å². The highest BCUT2D eigenvalue weighted by atomic mass is 32.2. The molecule has 0 bridgehead atoms. The number of nitrogens with one attached hydrogen (secondary N) is 1. The van der Waals surface area contributed by atoms with Crippen molar-refractivity contribution in [3.63, 3.8) is 0 Å². The lowest BCUT2D eigenvalue weighted by molar-refractivity contribution is -0.120. The number of ether oxygens (including phenoxy) is 1. The van der Waals surface area contributed by atoms with Gasteiger partial charge in [0, 0.05) is 35.7 Å². The minimum atomic E-state index is -3.53. The highest BCUT2D eigenvalue weighted by Crippen LogP contribution is 2.26. The minimum absolute atomic E-state index is 0.0833. The molecular weight excluding hydrogens is 408 g/mol. The van der Waals surface area contributed by atoms with Gasteiger partial charge in [-0.3, -0.25) is 4.79 Å². The molecule has 6 nitrogen and oxygen atoms in total. The quantitative estimate of drug-likeness (QED) is 0.670. The number of nitrogens with zero attached hydrogens (tertiary/aromatic N) is 1. The van der Waals surface area contributed by atoms with E-state index in [9.17, 15) is 13.2 Å². The predicted octanol–water partition coefficient (Wildman–Crippen LogP) is 3.85. The number of piperidine rings is 1. The van der Waals surface area contributed by atoms with Gasteiger partial charge in [0.15, 0.2) is 0 Å². The molecule has 8 heteroatoms. The number of hydrogen-bond donors (Lipinski definition) is 1. The van der Waals surface area contributed by atoms with Crippen molar-refractivity contribution in [2.24, 2.45) is 5.92 Å². The summed E-state index contributed by atoms with van der Waals surface area (Å²) in [5.74, 6) is 0.412. The maximum Gasteiger partial charge on any atom is 0.243 e. The van der Waals surface area contributed by atoms with Crippen LogP contribution in [0.3, 0.4) is 0 Å². The summed E-state index contributed by atoms with van der Waals surface area (Å²) < 4.78 is 32.6. The van der Waals surface area contributed by atoms with Crippen molar-refractivity contribution in [1.82, 2.24) is 4.31 Å². The number of anilines is 1. The molecule has 0 aliphatic carbocycles. The zero-order chi connectivity index (χ0) is 20.9. The molecule has 1 saturated heterocycles. The van der Waals surface area contributed by atoms with Crippen molar-refractivity contribution in [2.45, 2.75) is 29.6 Å². The van der Waals surface area contributed by atoms with Crippen molar-refractivity contribution in [3.8, 4) is 5.75 Å². The number of thioether (sulfide) groups is 1. The van der Waals surface area contributed by atoms with Crippen molar-refractivity contribution in [3.05, 3.63) is 48.5 Å². The Labute approximate surface area is 176 Å². The van der Waals surface area contributed by atoms with Crippen LogP contribution in [-0.2, 0) is 14.8 Å². The van der Waals surface area contributed by atoms with Crippen LogP contribution in [0.15, 0.2) is 58.3 Å². The number of carbonyl (C=O) groups is 1. The van der Waals surface area contributed by atoms with Gasteiger partial charge in [-0.15, -0.1) is 11.8 Å². The fraction of sp³-hybridized carbons (Fsp3) is 0.381. The topological polar surface area (TPSA) is 75.7 Å². The predicted molar refractivity (Wildman–Crippen MR) is 116 cm³/mol. The first-order valence-corrected chi connectivity index (χ1v) is 12.3. The molecule has 3 rings (SSSR count). The number of hydrogen-bond acceptors (Lipinski definition) is 5. The van der Waals surface area contributed by atoms with Gasteiger partial charge in [0.25, 0.3) is 0 Å². The first-order chi connectivity index (χ1) is 13.9. The smallest absolute Gasteiger partial charge is 0.243 e. The molecule has 1 fully saturated rings. The summed E-state index contributed by atoms with van der Waals surface area (Å²) in [6, 6.07) is 14.2. The molecule has 156 valence electrons. The van der Waals surface area contributed by atoms with Gasteiger partial charge in [-0.25, -0.2) is 8.42 Å². The summed E-state index contributed by atoms with van der Waals surface area (Å²) >= 11 is 1.57. The molecule has 1 aliphatic rings. The second-order valence-corrected chi connectivity index (χ2v) is 9.62. The Morgan fingerprint density at radius 3 is 2.48 bits per heavy atom. The van der Waals surface area contributed by atoms with E-state index >= 15 is 0 Å². The zero-order valence-corrected chi connectivity index (χ0v) is 18.3. The lowest BCUT2D eigenvalue weighted by atomic mass is 9.97. The van der Waals surface area contributed by atoms with Gasteiger partial charge in [-0.2, -0.15) is 4.31 Å². The average molecular weight is 435 g/mol. The SMILES string of the molecule is CCOc1cccc(NC(=O)C2CCN(S(=O)(=O)c3ccc(SC)cc3)CC2)c1. The van der Waals surface area contributed by atoms with E-state index in [0.29, 0.717) is 48.9 Å². The summed E-state index contributed by atoms with van der Waals surface area (Å²) in [4.78, 5) is 13.9. The Balaban J connectivity index is 1.59. The van der Waals surface area contributed by atoms with E-state index in [1.807, 2.05) is 43.5 Å². The van der Waals surface area contributed by atoms with Crippen LogP contribution in [0.1, 0.15) is 19.8 Å². The molecule has 0 radical (unpaired) electrons. The lowest BCUT2D eigenvalue weighted by Gasteiger charge is -2.30. The molecule has 0 spiro atoms. The normalized spacial score (nSPS) is 15.8. The third-order valence-electron chi connectivity index (χ3n) is 4.93. The Morgan fingerprint density at radius 1 is 1.17 bits per heavy atom. The van der Waals surface area contributed by atoms with E-state index < -0.39 is 10.0 Å². The first-order valence-electron chi connectivity index (χ1n) is 9.62. The molecule has 2 aromatic rings. The van der Waals surface area contributed by atoms with Crippen molar-refractivity contribution in [2.75, 3.05) is 31.3 Å². The largest absolute Gasteiger partial charge is 0.494 e. The van der Waals surface area contributed by atoms with E-state index in [4.69, 9.17) is 4.74 Å². The first kappa shape index (κ1) is 21.7. The maximum absolute atomic E-state index is 12.9. The third-order valence-corrected chi connectivity index (χ3v) is 7.59. The fourth-order valence-corrected chi connectivity index (χ4v) is 5.21. The lowest BCUT2D eigenvalue weighted by Crippen LogP contribution is -2.41. The number of benzene rings is 2. The second kappa shape index (κ2) is 9.65. The summed E-state index contributed by atoms with van der Waals surface area (Å²) in [6.45, 7) is 3.14. The van der Waals surface area contributed by atoms with Gasteiger partial charge in [0.05, 0.1) is 11.5 Å². The molecule has 1 aliphatic heterocycles. The van der Waals surface area contributed by atoms with Gasteiger partial charge >= 0.3 is 0 Å². The van der Waals surface area contributed by atoms with Gasteiger partial charge in [0.1, 0.15) is 5.75 Å². The maximum atomic E-state index is 12.9. The van der Waals surface area contributed by atoms with Gasteiger partial charge in [-0.05, 0) is 62.4 Å². The number of sulfonamides is 1. The van der Waals surface area contributed by atoms with E-state index in [1.54, 1.807) is 30.0 Å². The van der Waals surface area contributed by atoms with Gasteiger partial charge in [0.2, 0.25) is 15.9 Å². The zero-order valence-electron chi connectivity index (χ0n) is 16.6. The summed E-state index contributed by atoms with van der Waals surface area (Å²) in [7, 11) is -3.53. The Morgan fingerprint density at radius 2 is 1.86 bits per heavy atom. The molecular formula is C21H26N2O4S2. The third kappa shape index (κ3) is 5.32. The molecule has 0 aromatic heterocycles. The van der Waals surface area contributed by atoms with Gasteiger partial charge < -0.3 is 10.1 Å². The number of rotatable bonds is 7. The highest BCUT2D eigenvalue weighted by Gasteiger charge is 2.32. The summed E-state index contributed by atoms with van der Waals surface area (Å²) in [6.07, 6.45) is 2.95. The molecule has 1 heterocycles. The Kier molecular flexibility index (Phi) is 7.21. The van der Waals surface area contributed by atoms with Crippen LogP contribution in [0.25, 0.3) is 0 Å². The monoisotopic (exact) mass is 434 g/mol. The van der Waals surface area contributed by atoms with Crippen molar-refractivity contribution >= 4 is 33.4 Å². The van der Waals surface area contributed by atoms with Crippen LogP contribution in [-0.4, -0.2) is 44.6 Å². The average Bonchev–Trinajstić information content (AvgIpc) is 2.74. The Bertz CT molecular complexity index is 937. The number of amides is 1. The molecule has 1 N–H and O–H groups in total. The summed E-state index contributed by atoms with van der Waals surface area (Å²) in [5.41, 5.74) is 0.685. The van der Waals surface area contributed by atoms with Crippen LogP contribution in [0.4, 0.5) is 5.69 Å². The number of carbonyl (C=O) groups excluding carboxylic acids is 1. The molecule has 1 amide bonds. The van der Waals surface area contributed by atoms with E-state index in [1.165, 1.54) is 4.31 Å². The van der Waals surface area contributed by atoms with Crippen molar-refractivity contribution in [1.29, 1.82) is 0 Å². The van der Waals surface area contributed by atoms with Crippen molar-refractivity contribution < 1.29 is 17.9 Å². The van der Waals surface area contributed by atoms with Crippen LogP contribution >= 0.6 is 11.8 Å². The molecule has 0 atom stereocenters. The van der Waals surface area contributed by atoms with E-state index in [2.05, 4.69) is 5.32 Å². The standard InChI is InChI=1S/C21H26N2O4S2/c1-3-27-18-6-4-5-17(15-18)22-21(24)16-11-13-23(14-12-16)29(25,26)20-9-7-19(28-2)8-10-20/h4-10,15-16H,3,11-14H2,1-2H3,(H,22,24). The molecule has 0 saturated carbocycles. The molecule has 0 unspecified atom stereocenters. The fourth-order valence-electron chi connectivity index (χ4n) is 3.33. The molecule has 2 aromatic carbocycles. The van der Waals surface area contributed by atoms with Crippen LogP contribution < -0.4 is 10.1 Å². The van der Waals surface area contributed by atoms with E-state index in [0.717, 1.165) is 4.90 Å². The second-order valence-electron chi connectivity index (χ2n) is 6.80. The summed E-state index contributed by atoms with van der Waals surface area (Å²) in [5, 5.41) is 2.92. The minimum Gasteiger partial charge on any atom is -0.494 e. The highest BCUT2D eigenvalue weighted by molar-refractivity contribution is 7.98. The molecule has 29 heavy (non-hydrogen) atoms. The van der Waals surface area contributed by atoms with Gasteiger partial charge in [-0.1, -0.05) is 6.07 Å². The van der Waals surface area contributed by atoms with Crippen LogP contribution in [0.2, 0.25) is 0 Å². The van der Waals surface area contributed by atoms with E-state index in [-0.39, 0.29) is 11.8 Å². The Hall–Kier alpha value is -2.03. The van der Waals surface area contributed by atoms with Crippen LogP contribution in [0.5, 0.6) is 5.75 Å².